The third-order valence-electron chi connectivity index (χ3n) is 3.55. The van der Waals surface area contributed by atoms with Gasteiger partial charge in [-0.05, 0) is 51.8 Å². The van der Waals surface area contributed by atoms with E-state index in [9.17, 15) is 0 Å². The maximum absolute atomic E-state index is 4.56. The summed E-state index contributed by atoms with van der Waals surface area (Å²) in [6.45, 7) is 11.3. The van der Waals surface area contributed by atoms with Crippen molar-refractivity contribution in [3.05, 3.63) is 46.0 Å². The van der Waals surface area contributed by atoms with Crippen molar-refractivity contribution < 1.29 is 0 Å². The lowest BCUT2D eigenvalue weighted by atomic mass is 10.0. The number of hydrogen-bond acceptors (Lipinski definition) is 3. The lowest BCUT2D eigenvalue weighted by Crippen LogP contribution is -2.20. The summed E-state index contributed by atoms with van der Waals surface area (Å²) in [4.78, 5) is 4.56. The first kappa shape index (κ1) is 13.7. The number of aromatic amines is 1. The molecule has 0 saturated heterocycles. The molecule has 4 heteroatoms. The zero-order chi connectivity index (χ0) is 14.0. The molecule has 0 aromatic carbocycles. The highest BCUT2D eigenvalue weighted by molar-refractivity contribution is 5.33. The Morgan fingerprint density at radius 3 is 2.58 bits per heavy atom. The smallest absolute Gasteiger partial charge is 0.0535 e. The van der Waals surface area contributed by atoms with Crippen LogP contribution in [0.15, 0.2) is 12.3 Å². The molecule has 0 radical (unpaired) electrons. The molecule has 1 atom stereocenters. The van der Waals surface area contributed by atoms with Gasteiger partial charge in [-0.25, -0.2) is 0 Å². The van der Waals surface area contributed by atoms with Crippen LogP contribution >= 0.6 is 0 Å². The summed E-state index contributed by atoms with van der Waals surface area (Å²) in [6.07, 6.45) is 1.88. The van der Waals surface area contributed by atoms with Gasteiger partial charge in [0.15, 0.2) is 0 Å². The monoisotopic (exact) mass is 258 g/mol. The van der Waals surface area contributed by atoms with E-state index in [4.69, 9.17) is 0 Å². The van der Waals surface area contributed by atoms with Crippen molar-refractivity contribution >= 4 is 0 Å². The van der Waals surface area contributed by atoms with Crippen molar-refractivity contribution in [2.45, 2.75) is 47.2 Å². The molecule has 2 N–H and O–H groups in total. The second-order valence-corrected chi connectivity index (χ2v) is 5.20. The van der Waals surface area contributed by atoms with E-state index in [1.54, 1.807) is 0 Å². The average Bonchev–Trinajstić information content (AvgIpc) is 2.70. The first-order valence-electron chi connectivity index (χ1n) is 6.66. The highest BCUT2D eigenvalue weighted by Crippen LogP contribution is 2.21. The lowest BCUT2D eigenvalue weighted by molar-refractivity contribution is 0.565. The molecule has 4 nitrogen and oxygen atoms in total. The van der Waals surface area contributed by atoms with Crippen LogP contribution < -0.4 is 5.32 Å². The molecule has 102 valence electrons. The number of pyridine rings is 1. The Morgan fingerprint density at radius 1 is 1.26 bits per heavy atom. The Labute approximate surface area is 114 Å². The van der Waals surface area contributed by atoms with Crippen LogP contribution in [0, 0.1) is 27.7 Å². The second kappa shape index (κ2) is 5.53. The predicted octanol–water partition coefficient (Wildman–Crippen LogP) is 2.89. The molecule has 0 fully saturated rings. The van der Waals surface area contributed by atoms with Gasteiger partial charge < -0.3 is 5.32 Å². The molecule has 19 heavy (non-hydrogen) atoms. The predicted molar refractivity (Wildman–Crippen MR) is 77.0 cm³/mol. The van der Waals surface area contributed by atoms with Gasteiger partial charge in [0.1, 0.15) is 0 Å². The summed E-state index contributed by atoms with van der Waals surface area (Å²) in [5.41, 5.74) is 7.12. The van der Waals surface area contributed by atoms with Crippen LogP contribution in [-0.2, 0) is 6.54 Å². The van der Waals surface area contributed by atoms with Crippen LogP contribution in [0.2, 0.25) is 0 Å². The summed E-state index contributed by atoms with van der Waals surface area (Å²) < 4.78 is 0. The van der Waals surface area contributed by atoms with Crippen LogP contribution in [0.4, 0.5) is 0 Å². The third kappa shape index (κ3) is 3.01. The van der Waals surface area contributed by atoms with Gasteiger partial charge in [0, 0.05) is 35.2 Å². The fourth-order valence-electron chi connectivity index (χ4n) is 2.61. The number of nitrogens with one attached hydrogen (secondary N) is 2. The molecule has 0 saturated carbocycles. The summed E-state index contributed by atoms with van der Waals surface area (Å²) in [5, 5.41) is 10.5. The maximum atomic E-state index is 4.56. The highest BCUT2D eigenvalue weighted by Gasteiger charge is 2.13. The molecule has 2 rings (SSSR count). The second-order valence-electron chi connectivity index (χ2n) is 5.20. The van der Waals surface area contributed by atoms with Crippen molar-refractivity contribution in [2.24, 2.45) is 0 Å². The summed E-state index contributed by atoms with van der Waals surface area (Å²) in [5.74, 6) is 0. The van der Waals surface area contributed by atoms with Gasteiger partial charge >= 0.3 is 0 Å². The van der Waals surface area contributed by atoms with Crippen molar-refractivity contribution in [3.8, 4) is 0 Å². The lowest BCUT2D eigenvalue weighted by Gasteiger charge is -2.19. The van der Waals surface area contributed by atoms with Gasteiger partial charge in [0.2, 0.25) is 0 Å². The Bertz CT molecular complexity index is 548. The Hall–Kier alpha value is -1.68. The van der Waals surface area contributed by atoms with Crippen LogP contribution in [0.3, 0.4) is 0 Å². The average molecular weight is 258 g/mol. The molecule has 0 aliphatic rings. The van der Waals surface area contributed by atoms with Gasteiger partial charge in [-0.2, -0.15) is 5.10 Å². The van der Waals surface area contributed by atoms with Crippen LogP contribution in [0.5, 0.6) is 0 Å². The zero-order valence-corrected chi connectivity index (χ0v) is 12.3. The van der Waals surface area contributed by atoms with E-state index in [2.05, 4.69) is 47.3 Å². The molecular formula is C15H22N4. The summed E-state index contributed by atoms with van der Waals surface area (Å²) in [7, 11) is 0. The van der Waals surface area contributed by atoms with Crippen LogP contribution in [0.25, 0.3) is 0 Å². The molecule has 0 aliphatic heterocycles. The minimum atomic E-state index is 0.280. The highest BCUT2D eigenvalue weighted by atomic mass is 15.1. The van der Waals surface area contributed by atoms with Crippen molar-refractivity contribution in [1.82, 2.24) is 20.5 Å². The number of H-pyrrole nitrogens is 1. The number of aromatic nitrogens is 3. The van der Waals surface area contributed by atoms with Crippen molar-refractivity contribution in [3.63, 3.8) is 0 Å². The normalized spacial score (nSPS) is 12.7. The molecule has 2 heterocycles. The number of rotatable bonds is 4. The zero-order valence-electron chi connectivity index (χ0n) is 12.3. The largest absolute Gasteiger partial charge is 0.306 e. The molecule has 2 aromatic rings. The van der Waals surface area contributed by atoms with Gasteiger partial charge in [0.25, 0.3) is 0 Å². The Kier molecular flexibility index (Phi) is 4.00. The van der Waals surface area contributed by atoms with E-state index in [1.807, 2.05) is 20.0 Å². The quantitative estimate of drug-likeness (QED) is 0.886. The summed E-state index contributed by atoms with van der Waals surface area (Å²) in [6, 6.07) is 2.42. The van der Waals surface area contributed by atoms with E-state index in [-0.39, 0.29) is 6.04 Å². The fraction of sp³-hybridized carbons (Fsp3) is 0.467. The Morgan fingerprint density at radius 2 is 2.00 bits per heavy atom. The third-order valence-corrected chi connectivity index (χ3v) is 3.55. The molecule has 2 aromatic heterocycles. The van der Waals surface area contributed by atoms with E-state index in [1.165, 1.54) is 16.7 Å². The molecule has 1 unspecified atom stereocenters. The summed E-state index contributed by atoms with van der Waals surface area (Å²) >= 11 is 0. The van der Waals surface area contributed by atoms with Gasteiger partial charge in [-0.3, -0.25) is 10.1 Å². The minimum Gasteiger partial charge on any atom is -0.306 e. The molecule has 0 spiro atoms. The SMILES string of the molecule is Cc1cc(C)c(C(C)NCc2cn[nH]c2C)c(C)n1. The molecule has 0 aliphatic carbocycles. The maximum Gasteiger partial charge on any atom is 0.0535 e. The van der Waals surface area contributed by atoms with E-state index in [0.29, 0.717) is 0 Å². The number of aryl methyl sites for hydroxylation is 4. The standard InChI is InChI=1S/C15H22N4/c1-9-6-10(2)18-13(5)15(9)12(4)16-7-14-8-17-19-11(14)3/h6,8,12,16H,7H2,1-5H3,(H,17,19). The van der Waals surface area contributed by atoms with Gasteiger partial charge in [0.05, 0.1) is 6.20 Å². The molecular weight excluding hydrogens is 236 g/mol. The Balaban J connectivity index is 2.12. The van der Waals surface area contributed by atoms with Crippen LogP contribution in [0.1, 0.15) is 46.7 Å². The van der Waals surface area contributed by atoms with Gasteiger partial charge in [-0.15, -0.1) is 0 Å². The molecule has 0 amide bonds. The van der Waals surface area contributed by atoms with Crippen molar-refractivity contribution in [1.29, 1.82) is 0 Å². The van der Waals surface area contributed by atoms with Gasteiger partial charge in [-0.1, -0.05) is 0 Å². The first-order chi connectivity index (χ1) is 8.99. The minimum absolute atomic E-state index is 0.280. The number of hydrogen-bond donors (Lipinski definition) is 2. The first-order valence-corrected chi connectivity index (χ1v) is 6.66. The molecule has 0 bridgehead atoms. The topological polar surface area (TPSA) is 53.6 Å². The van der Waals surface area contributed by atoms with Crippen molar-refractivity contribution in [2.75, 3.05) is 0 Å². The number of nitrogens with zero attached hydrogens (tertiary/aromatic N) is 2. The van der Waals surface area contributed by atoms with E-state index in [0.717, 1.165) is 23.6 Å². The van der Waals surface area contributed by atoms with Crippen LogP contribution in [-0.4, -0.2) is 15.2 Å². The van der Waals surface area contributed by atoms with E-state index >= 15 is 0 Å². The van der Waals surface area contributed by atoms with E-state index < -0.39 is 0 Å². The fourth-order valence-corrected chi connectivity index (χ4v) is 2.61.